The first-order valence-corrected chi connectivity index (χ1v) is 9.67. The zero-order valence-corrected chi connectivity index (χ0v) is 17.5. The van der Waals surface area contributed by atoms with Crippen LogP contribution in [0.25, 0.3) is 0 Å². The molecule has 2 rings (SSSR count). The molecule has 31 heavy (non-hydrogen) atoms. The molecule has 0 unspecified atom stereocenters. The van der Waals surface area contributed by atoms with Crippen LogP contribution < -0.4 is 16.0 Å². The molecule has 4 amide bonds. The number of ether oxygens (including phenoxy) is 1. The maximum absolute atomic E-state index is 12.2. The number of urea groups is 1. The average molecular weight is 426 g/mol. The Morgan fingerprint density at radius 1 is 0.968 bits per heavy atom. The topological polar surface area (TPSA) is 117 Å². The quantitative estimate of drug-likeness (QED) is 0.528. The number of nitrogens with one attached hydrogen (secondary N) is 3. The largest absolute Gasteiger partial charge is 0.468 e. The summed E-state index contributed by atoms with van der Waals surface area (Å²) in [4.78, 5) is 49.0. The summed E-state index contributed by atoms with van der Waals surface area (Å²) in [6.45, 7) is 0.386. The minimum absolute atomic E-state index is 0.0731. The van der Waals surface area contributed by atoms with Gasteiger partial charge in [0.2, 0.25) is 5.91 Å². The van der Waals surface area contributed by atoms with E-state index in [4.69, 9.17) is 0 Å². The van der Waals surface area contributed by atoms with Crippen molar-refractivity contribution in [1.82, 2.24) is 15.5 Å². The smallest absolute Gasteiger partial charge is 0.325 e. The minimum Gasteiger partial charge on any atom is -0.468 e. The van der Waals surface area contributed by atoms with E-state index in [0.717, 1.165) is 5.56 Å². The van der Waals surface area contributed by atoms with Crippen LogP contribution in [0.1, 0.15) is 22.3 Å². The van der Waals surface area contributed by atoms with Crippen LogP contribution in [0, 0.1) is 0 Å². The van der Waals surface area contributed by atoms with Crippen LogP contribution in [0.2, 0.25) is 0 Å². The highest BCUT2D eigenvalue weighted by Gasteiger charge is 2.11. The Morgan fingerprint density at radius 2 is 1.71 bits per heavy atom. The van der Waals surface area contributed by atoms with Gasteiger partial charge < -0.3 is 25.6 Å². The summed E-state index contributed by atoms with van der Waals surface area (Å²) in [7, 11) is 2.91. The molecule has 0 aliphatic rings. The summed E-state index contributed by atoms with van der Waals surface area (Å²) >= 11 is 0. The van der Waals surface area contributed by atoms with Crippen molar-refractivity contribution in [2.24, 2.45) is 0 Å². The molecule has 0 radical (unpaired) electrons. The van der Waals surface area contributed by atoms with Crippen LogP contribution in [0.3, 0.4) is 0 Å². The number of hydrogen-bond donors (Lipinski definition) is 3. The van der Waals surface area contributed by atoms with Gasteiger partial charge in [0, 0.05) is 37.8 Å². The van der Waals surface area contributed by atoms with Gasteiger partial charge in [-0.2, -0.15) is 0 Å². The van der Waals surface area contributed by atoms with E-state index >= 15 is 0 Å². The molecule has 2 aromatic rings. The van der Waals surface area contributed by atoms with Gasteiger partial charge in [-0.15, -0.1) is 0 Å². The molecule has 3 N–H and O–H groups in total. The van der Waals surface area contributed by atoms with E-state index in [2.05, 4.69) is 20.7 Å². The lowest BCUT2D eigenvalue weighted by molar-refractivity contribution is -0.139. The summed E-state index contributed by atoms with van der Waals surface area (Å²) < 4.78 is 4.47. The molecule has 9 heteroatoms. The van der Waals surface area contributed by atoms with Gasteiger partial charge in [-0.05, 0) is 23.8 Å². The van der Waals surface area contributed by atoms with E-state index in [1.807, 2.05) is 30.3 Å². The number of nitrogens with zero attached hydrogens (tertiary/aromatic N) is 1. The summed E-state index contributed by atoms with van der Waals surface area (Å²) in [5.74, 6) is -1.33. The lowest BCUT2D eigenvalue weighted by Gasteiger charge is -2.18. The second-order valence-corrected chi connectivity index (χ2v) is 6.71. The second kappa shape index (κ2) is 12.0. The number of carbonyl (C=O) groups excluding carboxylic acids is 4. The SMILES string of the molecule is COC(=O)CNC(=O)c1cccc(NC(=O)CCNC(=O)N(C)Cc2ccccc2)c1. The molecule has 0 saturated carbocycles. The molecule has 0 aliphatic carbocycles. The van der Waals surface area contributed by atoms with Crippen molar-refractivity contribution in [2.75, 3.05) is 32.6 Å². The zero-order chi connectivity index (χ0) is 22.6. The number of methoxy groups -OCH3 is 1. The molecular formula is C22H26N4O5. The lowest BCUT2D eigenvalue weighted by Crippen LogP contribution is -2.38. The van der Waals surface area contributed by atoms with Crippen LogP contribution in [0.15, 0.2) is 54.6 Å². The third kappa shape index (κ3) is 8.17. The monoisotopic (exact) mass is 426 g/mol. The number of benzene rings is 2. The Labute approximate surface area is 180 Å². The predicted molar refractivity (Wildman–Crippen MR) is 115 cm³/mol. The Hall–Kier alpha value is -3.88. The number of rotatable bonds is 9. The van der Waals surface area contributed by atoms with Crippen molar-refractivity contribution in [1.29, 1.82) is 0 Å². The fourth-order valence-corrected chi connectivity index (χ4v) is 2.64. The molecule has 0 atom stereocenters. The van der Waals surface area contributed by atoms with Gasteiger partial charge >= 0.3 is 12.0 Å². The average Bonchev–Trinajstić information content (AvgIpc) is 2.77. The van der Waals surface area contributed by atoms with Crippen LogP contribution in [-0.2, 0) is 20.9 Å². The van der Waals surface area contributed by atoms with Crippen LogP contribution in [-0.4, -0.2) is 56.0 Å². The Bertz CT molecular complexity index is 917. The summed E-state index contributed by atoms with van der Waals surface area (Å²) in [6, 6.07) is 15.6. The highest BCUT2D eigenvalue weighted by Crippen LogP contribution is 2.11. The number of anilines is 1. The first-order valence-electron chi connectivity index (χ1n) is 9.67. The molecule has 0 saturated heterocycles. The molecule has 0 aromatic heterocycles. The van der Waals surface area contributed by atoms with E-state index in [-0.39, 0.29) is 37.0 Å². The Balaban J connectivity index is 1.76. The first-order chi connectivity index (χ1) is 14.9. The van der Waals surface area contributed by atoms with E-state index in [1.54, 1.807) is 25.2 Å². The number of esters is 1. The van der Waals surface area contributed by atoms with Gasteiger partial charge in [0.05, 0.1) is 7.11 Å². The van der Waals surface area contributed by atoms with Gasteiger partial charge in [-0.1, -0.05) is 36.4 Å². The third-order valence-electron chi connectivity index (χ3n) is 4.27. The standard InChI is InChI=1S/C22H26N4O5/c1-26(15-16-7-4-3-5-8-16)22(30)23-12-11-19(27)25-18-10-6-9-17(13-18)21(29)24-14-20(28)31-2/h3-10,13H,11-12,14-15H2,1-2H3,(H,23,30)(H,24,29)(H,25,27). The molecule has 164 valence electrons. The number of amides is 4. The molecule has 2 aromatic carbocycles. The molecule has 0 aliphatic heterocycles. The Morgan fingerprint density at radius 3 is 2.42 bits per heavy atom. The normalized spacial score (nSPS) is 10.0. The maximum atomic E-state index is 12.2. The van der Waals surface area contributed by atoms with Crippen molar-refractivity contribution in [3.63, 3.8) is 0 Å². The van der Waals surface area contributed by atoms with Gasteiger partial charge in [0.1, 0.15) is 6.54 Å². The van der Waals surface area contributed by atoms with E-state index < -0.39 is 11.9 Å². The van der Waals surface area contributed by atoms with Crippen LogP contribution in [0.4, 0.5) is 10.5 Å². The van der Waals surface area contributed by atoms with Crippen molar-refractivity contribution in [3.05, 3.63) is 65.7 Å². The van der Waals surface area contributed by atoms with Gasteiger partial charge in [0.25, 0.3) is 5.91 Å². The van der Waals surface area contributed by atoms with Gasteiger partial charge in [-0.3, -0.25) is 14.4 Å². The number of hydrogen-bond acceptors (Lipinski definition) is 5. The second-order valence-electron chi connectivity index (χ2n) is 6.71. The van der Waals surface area contributed by atoms with Crippen LogP contribution >= 0.6 is 0 Å². The molecule has 0 bridgehead atoms. The van der Waals surface area contributed by atoms with Crippen molar-refractivity contribution >= 4 is 29.5 Å². The van der Waals surface area contributed by atoms with Crippen molar-refractivity contribution in [2.45, 2.75) is 13.0 Å². The van der Waals surface area contributed by atoms with Crippen molar-refractivity contribution in [3.8, 4) is 0 Å². The fourth-order valence-electron chi connectivity index (χ4n) is 2.64. The highest BCUT2D eigenvalue weighted by atomic mass is 16.5. The molecule has 0 fully saturated rings. The third-order valence-corrected chi connectivity index (χ3v) is 4.27. The zero-order valence-electron chi connectivity index (χ0n) is 17.5. The summed E-state index contributed by atoms with van der Waals surface area (Å²) in [6.07, 6.45) is 0.0731. The summed E-state index contributed by atoms with van der Waals surface area (Å²) in [5.41, 5.74) is 1.73. The molecule has 0 spiro atoms. The Kier molecular flexibility index (Phi) is 9.03. The predicted octanol–water partition coefficient (Wildman–Crippen LogP) is 1.76. The fraction of sp³-hybridized carbons (Fsp3) is 0.273. The maximum Gasteiger partial charge on any atom is 0.325 e. The van der Waals surface area contributed by atoms with Gasteiger partial charge in [0.15, 0.2) is 0 Å². The number of carbonyl (C=O) groups is 4. The minimum atomic E-state index is -0.561. The van der Waals surface area contributed by atoms with Gasteiger partial charge in [-0.25, -0.2) is 4.79 Å². The molecule has 0 heterocycles. The first kappa shape index (κ1) is 23.4. The van der Waals surface area contributed by atoms with Crippen molar-refractivity contribution < 1.29 is 23.9 Å². The van der Waals surface area contributed by atoms with E-state index in [9.17, 15) is 19.2 Å². The summed E-state index contributed by atoms with van der Waals surface area (Å²) in [5, 5.41) is 7.81. The van der Waals surface area contributed by atoms with Crippen LogP contribution in [0.5, 0.6) is 0 Å². The lowest BCUT2D eigenvalue weighted by atomic mass is 10.2. The van der Waals surface area contributed by atoms with E-state index in [0.29, 0.717) is 12.2 Å². The molecule has 9 nitrogen and oxygen atoms in total. The van der Waals surface area contributed by atoms with E-state index in [1.165, 1.54) is 18.1 Å². The molecular weight excluding hydrogens is 400 g/mol. The highest BCUT2D eigenvalue weighted by molar-refractivity contribution is 5.98.